The number of amides is 2. The van der Waals surface area contributed by atoms with Crippen molar-refractivity contribution in [2.24, 2.45) is 0 Å². The Hall–Kier alpha value is -4.24. The van der Waals surface area contributed by atoms with E-state index in [1.54, 1.807) is 21.3 Å². The molecule has 208 valence electrons. The van der Waals surface area contributed by atoms with Gasteiger partial charge in [-0.25, -0.2) is 9.78 Å². The summed E-state index contributed by atoms with van der Waals surface area (Å²) in [6, 6.07) is 24.6. The third-order valence-electron chi connectivity index (χ3n) is 7.59. The van der Waals surface area contributed by atoms with Gasteiger partial charge in [-0.3, -0.25) is 23.6 Å². The number of pyridine rings is 1. The number of aromatic nitrogens is 3. The van der Waals surface area contributed by atoms with E-state index >= 15 is 0 Å². The average Bonchev–Trinajstić information content (AvgIpc) is 3.26. The van der Waals surface area contributed by atoms with Gasteiger partial charge in [0.05, 0.1) is 11.6 Å². The fourth-order valence-electron chi connectivity index (χ4n) is 5.55. The van der Waals surface area contributed by atoms with Crippen LogP contribution in [0.1, 0.15) is 43.9 Å². The van der Waals surface area contributed by atoms with Crippen molar-refractivity contribution in [2.75, 3.05) is 31.5 Å². The summed E-state index contributed by atoms with van der Waals surface area (Å²) in [6.07, 6.45) is 0.215. The Kier molecular flexibility index (Phi) is 8.40. The van der Waals surface area contributed by atoms with Crippen LogP contribution in [0.5, 0.6) is 0 Å². The first-order valence-electron chi connectivity index (χ1n) is 14.0. The van der Waals surface area contributed by atoms with E-state index in [4.69, 9.17) is 0 Å². The topological polar surface area (TPSA) is 92.5 Å². The van der Waals surface area contributed by atoms with E-state index in [0.29, 0.717) is 37.6 Å². The van der Waals surface area contributed by atoms with Gasteiger partial charge in [0.25, 0.3) is 0 Å². The van der Waals surface area contributed by atoms with Crippen LogP contribution < -0.4 is 11.0 Å². The van der Waals surface area contributed by atoms with Crippen LogP contribution in [0.2, 0.25) is 0 Å². The lowest BCUT2D eigenvalue weighted by Crippen LogP contribution is -2.50. The van der Waals surface area contributed by atoms with Crippen molar-refractivity contribution in [3.05, 3.63) is 94.4 Å². The summed E-state index contributed by atoms with van der Waals surface area (Å²) >= 11 is 0. The molecular formula is C31H36N6O3. The molecule has 0 aliphatic carbocycles. The molecule has 5 rings (SSSR count). The van der Waals surface area contributed by atoms with Crippen LogP contribution in [0, 0.1) is 0 Å². The van der Waals surface area contributed by atoms with E-state index in [1.807, 2.05) is 30.9 Å². The van der Waals surface area contributed by atoms with E-state index in [9.17, 15) is 14.4 Å². The smallest absolute Gasteiger partial charge is 0.330 e. The number of anilines is 1. The van der Waals surface area contributed by atoms with E-state index in [2.05, 4.69) is 63.7 Å². The van der Waals surface area contributed by atoms with Gasteiger partial charge in [0.2, 0.25) is 11.8 Å². The van der Waals surface area contributed by atoms with Crippen molar-refractivity contribution in [3.63, 3.8) is 0 Å². The number of hydrogen-bond acceptors (Lipinski definition) is 5. The summed E-state index contributed by atoms with van der Waals surface area (Å²) in [5, 5.41) is 2.80. The molecule has 1 saturated heterocycles. The van der Waals surface area contributed by atoms with Crippen molar-refractivity contribution in [1.82, 2.24) is 23.9 Å². The predicted octanol–water partition coefficient (Wildman–Crippen LogP) is 3.89. The van der Waals surface area contributed by atoms with Crippen LogP contribution >= 0.6 is 0 Å². The zero-order valence-corrected chi connectivity index (χ0v) is 23.1. The number of fused-ring (bicyclic) bond motifs is 1. The lowest BCUT2D eigenvalue weighted by atomic mass is 9.96. The third kappa shape index (κ3) is 5.70. The zero-order chi connectivity index (χ0) is 28.1. The van der Waals surface area contributed by atoms with Gasteiger partial charge in [0.1, 0.15) is 5.82 Å². The monoisotopic (exact) mass is 540 g/mol. The molecular weight excluding hydrogens is 504 g/mol. The second-order valence-corrected chi connectivity index (χ2v) is 10.00. The third-order valence-corrected chi connectivity index (χ3v) is 7.59. The molecule has 2 amide bonds. The summed E-state index contributed by atoms with van der Waals surface area (Å²) in [7, 11) is 0. The van der Waals surface area contributed by atoms with E-state index in [-0.39, 0.29) is 36.4 Å². The van der Waals surface area contributed by atoms with Crippen LogP contribution in [0.15, 0.2) is 77.6 Å². The van der Waals surface area contributed by atoms with E-state index in [0.717, 1.165) is 18.6 Å². The lowest BCUT2D eigenvalue weighted by Gasteiger charge is -2.39. The Labute approximate surface area is 234 Å². The van der Waals surface area contributed by atoms with Crippen molar-refractivity contribution in [1.29, 1.82) is 0 Å². The van der Waals surface area contributed by atoms with Crippen LogP contribution in [-0.4, -0.2) is 61.9 Å². The molecule has 9 nitrogen and oxygen atoms in total. The fourth-order valence-corrected chi connectivity index (χ4v) is 5.55. The molecule has 0 bridgehead atoms. The molecule has 0 unspecified atom stereocenters. The van der Waals surface area contributed by atoms with Gasteiger partial charge in [-0.1, -0.05) is 60.7 Å². The van der Waals surface area contributed by atoms with Crippen LogP contribution in [-0.2, 0) is 22.7 Å². The standard InChI is InChI=1S/C31H36N6O3/c1-3-36-25-15-16-26(33-30(25)37(4-2)31(36)40)32-27(38)17-18-28(39)34-19-21-35(22-20-34)29(23-11-7-5-8-12-23)24-13-9-6-10-14-24/h5-16,29H,3-4,17-22H2,1-2H3,(H,32,33,38). The highest BCUT2D eigenvalue weighted by Crippen LogP contribution is 2.29. The van der Waals surface area contributed by atoms with Gasteiger partial charge in [0.15, 0.2) is 5.65 Å². The average molecular weight is 541 g/mol. The first kappa shape index (κ1) is 27.3. The van der Waals surface area contributed by atoms with Gasteiger partial charge in [-0.05, 0) is 37.1 Å². The molecule has 3 heterocycles. The molecule has 9 heteroatoms. The minimum absolute atomic E-state index is 0.0194. The van der Waals surface area contributed by atoms with Gasteiger partial charge in [0, 0.05) is 52.1 Å². The first-order valence-corrected chi connectivity index (χ1v) is 14.0. The van der Waals surface area contributed by atoms with Crippen LogP contribution in [0.4, 0.5) is 5.82 Å². The zero-order valence-electron chi connectivity index (χ0n) is 23.1. The maximum Gasteiger partial charge on any atom is 0.330 e. The number of carbonyl (C=O) groups excluding carboxylic acids is 2. The van der Waals surface area contributed by atoms with Crippen molar-refractivity contribution in [3.8, 4) is 0 Å². The summed E-state index contributed by atoms with van der Waals surface area (Å²) < 4.78 is 3.26. The highest BCUT2D eigenvalue weighted by Gasteiger charge is 2.28. The maximum absolute atomic E-state index is 13.0. The lowest BCUT2D eigenvalue weighted by molar-refractivity contribution is -0.134. The van der Waals surface area contributed by atoms with Gasteiger partial charge in [-0.15, -0.1) is 0 Å². The number of nitrogens with zero attached hydrogens (tertiary/aromatic N) is 5. The van der Waals surface area contributed by atoms with E-state index in [1.165, 1.54) is 11.1 Å². The molecule has 2 aromatic carbocycles. The molecule has 0 radical (unpaired) electrons. The number of nitrogens with one attached hydrogen (secondary N) is 1. The Balaban J connectivity index is 1.17. The minimum Gasteiger partial charge on any atom is -0.340 e. The number of hydrogen-bond donors (Lipinski definition) is 1. The van der Waals surface area contributed by atoms with Crippen molar-refractivity contribution < 1.29 is 9.59 Å². The summed E-state index contributed by atoms with van der Waals surface area (Å²) in [5.74, 6) is 0.0864. The predicted molar refractivity (Wildman–Crippen MR) is 156 cm³/mol. The number of piperazine rings is 1. The minimum atomic E-state index is -0.271. The molecule has 40 heavy (non-hydrogen) atoms. The Morgan fingerprint density at radius 1 is 0.800 bits per heavy atom. The number of aryl methyl sites for hydroxylation is 2. The molecule has 2 aromatic heterocycles. The number of rotatable bonds is 9. The van der Waals surface area contributed by atoms with Gasteiger partial charge >= 0.3 is 5.69 Å². The maximum atomic E-state index is 13.0. The number of imidazole rings is 1. The molecule has 1 N–H and O–H groups in total. The summed E-state index contributed by atoms with van der Waals surface area (Å²) in [4.78, 5) is 47.0. The van der Waals surface area contributed by atoms with Crippen molar-refractivity contribution in [2.45, 2.75) is 45.8 Å². The molecule has 0 saturated carbocycles. The normalized spacial score (nSPS) is 14.1. The van der Waals surface area contributed by atoms with Gasteiger partial charge < -0.3 is 10.2 Å². The van der Waals surface area contributed by atoms with Crippen molar-refractivity contribution >= 4 is 28.8 Å². The quantitative estimate of drug-likeness (QED) is 0.348. The molecule has 1 aliphatic heterocycles. The highest BCUT2D eigenvalue weighted by atomic mass is 16.2. The SMILES string of the molecule is CCn1c(=O)n(CC)c2nc(NC(=O)CCC(=O)N3CCN(C(c4ccccc4)c4ccccc4)CC3)ccc21. The molecule has 0 spiro atoms. The molecule has 4 aromatic rings. The largest absolute Gasteiger partial charge is 0.340 e. The fraction of sp³-hybridized carbons (Fsp3) is 0.355. The second kappa shape index (κ2) is 12.3. The Bertz CT molecular complexity index is 1480. The summed E-state index contributed by atoms with van der Waals surface area (Å²) in [6.45, 7) is 7.60. The summed E-state index contributed by atoms with van der Waals surface area (Å²) in [5.41, 5.74) is 3.65. The molecule has 0 atom stereocenters. The Morgan fingerprint density at radius 3 is 1.98 bits per heavy atom. The highest BCUT2D eigenvalue weighted by molar-refractivity contribution is 5.93. The van der Waals surface area contributed by atoms with Crippen LogP contribution in [0.3, 0.4) is 0 Å². The molecule has 1 fully saturated rings. The van der Waals surface area contributed by atoms with Gasteiger partial charge in [-0.2, -0.15) is 0 Å². The van der Waals surface area contributed by atoms with Crippen LogP contribution in [0.25, 0.3) is 11.2 Å². The number of benzene rings is 2. The first-order chi connectivity index (χ1) is 19.5. The van der Waals surface area contributed by atoms with E-state index < -0.39 is 0 Å². The molecule has 1 aliphatic rings. The Morgan fingerprint density at radius 2 is 1.40 bits per heavy atom. The number of carbonyl (C=O) groups is 2. The second-order valence-electron chi connectivity index (χ2n) is 10.00.